The van der Waals surface area contributed by atoms with Gasteiger partial charge in [-0.1, -0.05) is 72.3 Å². The van der Waals surface area contributed by atoms with Crippen LogP contribution in [0.25, 0.3) is 21.9 Å². The fourth-order valence-electron chi connectivity index (χ4n) is 3.00. The number of anilines is 1. The normalized spacial score (nSPS) is 10.8. The average molecular weight is 346 g/mol. The highest BCUT2D eigenvalue weighted by Crippen LogP contribution is 2.40. The first-order valence-electron chi connectivity index (χ1n) is 8.03. The lowest BCUT2D eigenvalue weighted by Gasteiger charge is -2.14. The summed E-state index contributed by atoms with van der Waals surface area (Å²) in [6.07, 6.45) is 0. The van der Waals surface area contributed by atoms with Crippen LogP contribution in [0.15, 0.2) is 84.9 Å². The van der Waals surface area contributed by atoms with E-state index in [1.165, 1.54) is 0 Å². The van der Waals surface area contributed by atoms with E-state index in [1.54, 1.807) is 0 Å². The van der Waals surface area contributed by atoms with E-state index in [0.29, 0.717) is 10.8 Å². The second kappa shape index (κ2) is 6.50. The van der Waals surface area contributed by atoms with Gasteiger partial charge in [-0.05, 0) is 35.2 Å². The number of fused-ring (bicyclic) bond motifs is 1. The molecule has 25 heavy (non-hydrogen) atoms. The molecule has 4 aromatic rings. The molecule has 0 atom stereocenters. The Morgan fingerprint density at radius 3 is 2.08 bits per heavy atom. The molecule has 2 nitrogen and oxygen atoms in total. The molecule has 0 fully saturated rings. The van der Waals surface area contributed by atoms with Crippen LogP contribution >= 0.6 is 11.6 Å². The van der Waals surface area contributed by atoms with Crippen LogP contribution < -0.4 is 10.5 Å². The Hall–Kier alpha value is -2.97. The summed E-state index contributed by atoms with van der Waals surface area (Å²) >= 11 is 6.26. The lowest BCUT2D eigenvalue weighted by Crippen LogP contribution is -1.92. The van der Waals surface area contributed by atoms with E-state index >= 15 is 0 Å². The molecule has 0 aliphatic heterocycles. The predicted molar refractivity (Wildman–Crippen MR) is 105 cm³/mol. The molecule has 0 bridgehead atoms. The monoisotopic (exact) mass is 345 g/mol. The summed E-state index contributed by atoms with van der Waals surface area (Å²) in [6.45, 7) is 0. The highest BCUT2D eigenvalue weighted by atomic mass is 35.5. The quantitative estimate of drug-likeness (QED) is 0.428. The van der Waals surface area contributed by atoms with Gasteiger partial charge in [0.1, 0.15) is 11.5 Å². The van der Waals surface area contributed by atoms with Crippen molar-refractivity contribution in [2.24, 2.45) is 0 Å². The Kier molecular flexibility index (Phi) is 4.04. The molecule has 4 rings (SSSR count). The van der Waals surface area contributed by atoms with Crippen molar-refractivity contribution in [2.75, 3.05) is 5.73 Å². The molecule has 0 saturated heterocycles. The van der Waals surface area contributed by atoms with Gasteiger partial charge < -0.3 is 10.5 Å². The van der Waals surface area contributed by atoms with Crippen molar-refractivity contribution in [1.29, 1.82) is 0 Å². The van der Waals surface area contributed by atoms with Gasteiger partial charge in [-0.25, -0.2) is 0 Å². The van der Waals surface area contributed by atoms with Crippen molar-refractivity contribution < 1.29 is 4.74 Å². The van der Waals surface area contributed by atoms with Crippen LogP contribution in [0.5, 0.6) is 11.5 Å². The standard InChI is InChI=1S/C22H16ClNO/c23-18-11-2-4-13-20(18)25-21-14-6-8-15-7-5-10-17(22(15)21)16-9-1-3-12-19(16)24/h1-14H,24H2. The molecule has 0 spiro atoms. The second-order valence-electron chi connectivity index (χ2n) is 5.78. The molecule has 122 valence electrons. The Labute approximate surface area is 151 Å². The molecular weight excluding hydrogens is 330 g/mol. The van der Waals surface area contributed by atoms with Gasteiger partial charge in [-0.15, -0.1) is 0 Å². The lowest BCUT2D eigenvalue weighted by molar-refractivity contribution is 0.489. The zero-order valence-electron chi connectivity index (χ0n) is 13.4. The summed E-state index contributed by atoms with van der Waals surface area (Å²) in [5.74, 6) is 1.39. The third kappa shape index (κ3) is 2.92. The van der Waals surface area contributed by atoms with Gasteiger partial charge in [0.15, 0.2) is 0 Å². The smallest absolute Gasteiger partial charge is 0.146 e. The lowest BCUT2D eigenvalue weighted by atomic mass is 9.96. The number of hydrogen-bond acceptors (Lipinski definition) is 2. The SMILES string of the molecule is Nc1ccccc1-c1cccc2cccc(Oc3ccccc3Cl)c12. The summed E-state index contributed by atoms with van der Waals surface area (Å²) in [6, 6.07) is 27.5. The van der Waals surface area contributed by atoms with Gasteiger partial charge in [-0.3, -0.25) is 0 Å². The molecule has 0 aliphatic rings. The summed E-state index contributed by atoms with van der Waals surface area (Å²) in [5, 5.41) is 2.68. The van der Waals surface area contributed by atoms with E-state index in [9.17, 15) is 0 Å². The third-order valence-corrected chi connectivity index (χ3v) is 4.49. The van der Waals surface area contributed by atoms with E-state index in [0.717, 1.165) is 33.3 Å². The number of nitrogen functional groups attached to an aromatic ring is 1. The van der Waals surface area contributed by atoms with Crippen molar-refractivity contribution in [3.63, 3.8) is 0 Å². The van der Waals surface area contributed by atoms with Crippen LogP contribution in [0.2, 0.25) is 5.02 Å². The van der Waals surface area contributed by atoms with Crippen molar-refractivity contribution in [3.05, 3.63) is 90.0 Å². The molecular formula is C22H16ClNO. The molecule has 0 aromatic heterocycles. The van der Waals surface area contributed by atoms with Crippen LogP contribution in [0, 0.1) is 0 Å². The minimum Gasteiger partial charge on any atom is -0.455 e. The molecule has 0 saturated carbocycles. The van der Waals surface area contributed by atoms with E-state index in [1.807, 2.05) is 66.7 Å². The van der Waals surface area contributed by atoms with Gasteiger partial charge >= 0.3 is 0 Å². The van der Waals surface area contributed by atoms with Gasteiger partial charge in [0.25, 0.3) is 0 Å². The zero-order chi connectivity index (χ0) is 17.2. The topological polar surface area (TPSA) is 35.2 Å². The number of ether oxygens (including phenoxy) is 1. The van der Waals surface area contributed by atoms with Crippen LogP contribution in [0.1, 0.15) is 0 Å². The number of halogens is 1. The van der Waals surface area contributed by atoms with E-state index < -0.39 is 0 Å². The maximum absolute atomic E-state index is 6.26. The highest BCUT2D eigenvalue weighted by Gasteiger charge is 2.12. The Morgan fingerprint density at radius 2 is 1.28 bits per heavy atom. The summed E-state index contributed by atoms with van der Waals surface area (Å²) in [4.78, 5) is 0. The first-order chi connectivity index (χ1) is 12.2. The minimum atomic E-state index is 0.580. The number of para-hydroxylation sites is 2. The maximum Gasteiger partial charge on any atom is 0.146 e. The Morgan fingerprint density at radius 1 is 0.640 bits per heavy atom. The van der Waals surface area contributed by atoms with Crippen LogP contribution in [-0.2, 0) is 0 Å². The van der Waals surface area contributed by atoms with Crippen LogP contribution in [-0.4, -0.2) is 0 Å². The fourth-order valence-corrected chi connectivity index (χ4v) is 3.18. The second-order valence-corrected chi connectivity index (χ2v) is 6.19. The first kappa shape index (κ1) is 15.6. The molecule has 3 heteroatoms. The van der Waals surface area contributed by atoms with Crippen LogP contribution in [0.3, 0.4) is 0 Å². The van der Waals surface area contributed by atoms with Crippen molar-refractivity contribution in [1.82, 2.24) is 0 Å². The molecule has 0 amide bonds. The summed E-state index contributed by atoms with van der Waals surface area (Å²) < 4.78 is 6.15. The molecule has 4 aromatic carbocycles. The van der Waals surface area contributed by atoms with Crippen molar-refractivity contribution >= 4 is 28.1 Å². The van der Waals surface area contributed by atoms with Crippen LogP contribution in [0.4, 0.5) is 5.69 Å². The van der Waals surface area contributed by atoms with Crippen molar-refractivity contribution in [3.8, 4) is 22.6 Å². The molecule has 0 heterocycles. The highest BCUT2D eigenvalue weighted by molar-refractivity contribution is 6.32. The number of benzene rings is 4. The molecule has 2 N–H and O–H groups in total. The zero-order valence-corrected chi connectivity index (χ0v) is 14.2. The van der Waals surface area contributed by atoms with Crippen molar-refractivity contribution in [2.45, 2.75) is 0 Å². The first-order valence-corrected chi connectivity index (χ1v) is 8.41. The van der Waals surface area contributed by atoms with Gasteiger partial charge in [0.05, 0.1) is 5.02 Å². The van der Waals surface area contributed by atoms with E-state index in [-0.39, 0.29) is 0 Å². The number of hydrogen-bond donors (Lipinski definition) is 1. The van der Waals surface area contributed by atoms with Gasteiger partial charge in [-0.2, -0.15) is 0 Å². The Bertz CT molecular complexity index is 1050. The largest absolute Gasteiger partial charge is 0.455 e. The Balaban J connectivity index is 1.94. The number of nitrogens with two attached hydrogens (primary N) is 1. The fraction of sp³-hybridized carbons (Fsp3) is 0. The van der Waals surface area contributed by atoms with Gasteiger partial charge in [0.2, 0.25) is 0 Å². The predicted octanol–water partition coefficient (Wildman–Crippen LogP) is 6.53. The van der Waals surface area contributed by atoms with E-state index in [4.69, 9.17) is 22.1 Å². The third-order valence-electron chi connectivity index (χ3n) is 4.17. The van der Waals surface area contributed by atoms with Gasteiger partial charge in [0, 0.05) is 16.6 Å². The molecule has 0 radical (unpaired) electrons. The summed E-state index contributed by atoms with van der Waals surface area (Å²) in [7, 11) is 0. The summed E-state index contributed by atoms with van der Waals surface area (Å²) in [5.41, 5.74) is 8.98. The average Bonchev–Trinajstić information content (AvgIpc) is 2.64. The molecule has 0 unspecified atom stereocenters. The molecule has 0 aliphatic carbocycles. The number of rotatable bonds is 3. The van der Waals surface area contributed by atoms with E-state index in [2.05, 4.69) is 18.2 Å². The maximum atomic E-state index is 6.26. The minimum absolute atomic E-state index is 0.580.